The van der Waals surface area contributed by atoms with Gasteiger partial charge in [0.1, 0.15) is 12.4 Å². The van der Waals surface area contributed by atoms with Gasteiger partial charge in [-0.05, 0) is 36.1 Å². The van der Waals surface area contributed by atoms with E-state index in [1.807, 2.05) is 30.3 Å². The molecule has 29 heavy (non-hydrogen) atoms. The first kappa shape index (κ1) is 19.3. The van der Waals surface area contributed by atoms with Gasteiger partial charge in [-0.3, -0.25) is 9.59 Å². The van der Waals surface area contributed by atoms with Crippen molar-refractivity contribution in [2.75, 3.05) is 13.6 Å². The third-order valence-corrected chi connectivity index (χ3v) is 5.73. The zero-order valence-electron chi connectivity index (χ0n) is 16.4. The van der Waals surface area contributed by atoms with Crippen molar-refractivity contribution in [1.82, 2.24) is 9.91 Å². The van der Waals surface area contributed by atoms with Crippen LogP contribution in [0.15, 0.2) is 59.7 Å². The first-order valence-electron chi connectivity index (χ1n) is 9.98. The van der Waals surface area contributed by atoms with Crippen LogP contribution in [-0.2, 0) is 9.59 Å². The normalized spacial score (nSPS) is 18.9. The summed E-state index contributed by atoms with van der Waals surface area (Å²) in [7, 11) is 1.68. The van der Waals surface area contributed by atoms with Crippen molar-refractivity contribution in [3.8, 4) is 0 Å². The molecular weight excluding hydrogens is 369 g/mol. The molecule has 0 bridgehead atoms. The Kier molecular flexibility index (Phi) is 5.43. The van der Waals surface area contributed by atoms with Crippen LogP contribution in [0.25, 0.3) is 0 Å². The smallest absolute Gasteiger partial charge is 0.262 e. The molecule has 0 saturated heterocycles. The largest absolute Gasteiger partial charge is 0.336 e. The summed E-state index contributed by atoms with van der Waals surface area (Å²) in [6.45, 7) is -0.00113. The zero-order chi connectivity index (χ0) is 20.4. The molecule has 0 aromatic heterocycles. The molecule has 0 radical (unpaired) electrons. The summed E-state index contributed by atoms with van der Waals surface area (Å²) in [5, 5.41) is 6.06. The van der Waals surface area contributed by atoms with Gasteiger partial charge in [0.2, 0.25) is 5.91 Å². The van der Waals surface area contributed by atoms with Crippen molar-refractivity contribution in [3.63, 3.8) is 0 Å². The monoisotopic (exact) mass is 393 g/mol. The Bertz CT molecular complexity index is 923. The summed E-state index contributed by atoms with van der Waals surface area (Å²) < 4.78 is 13.3. The first-order chi connectivity index (χ1) is 14.0. The lowest BCUT2D eigenvalue weighted by Crippen LogP contribution is -2.42. The maximum atomic E-state index is 13.3. The fourth-order valence-corrected chi connectivity index (χ4v) is 3.81. The molecule has 1 aliphatic heterocycles. The number of hydrogen-bond acceptors (Lipinski definition) is 3. The average molecular weight is 393 g/mol. The van der Waals surface area contributed by atoms with Crippen LogP contribution in [0.2, 0.25) is 0 Å². The molecule has 1 aliphatic carbocycles. The number of nitrogens with zero attached hydrogens (tertiary/aromatic N) is 3. The molecule has 6 heteroatoms. The highest BCUT2D eigenvalue weighted by molar-refractivity contribution is 6.03. The number of amides is 2. The van der Waals surface area contributed by atoms with Crippen LogP contribution < -0.4 is 0 Å². The van der Waals surface area contributed by atoms with Crippen LogP contribution in [0.5, 0.6) is 0 Å². The predicted octanol–water partition coefficient (Wildman–Crippen LogP) is 3.76. The highest BCUT2D eigenvalue weighted by atomic mass is 19.1. The lowest BCUT2D eigenvalue weighted by atomic mass is 9.84. The fraction of sp³-hybridized carbons (Fsp3) is 0.348. The number of carbonyl (C=O) groups is 2. The predicted molar refractivity (Wildman–Crippen MR) is 109 cm³/mol. The molecule has 1 heterocycles. The molecule has 2 aromatic rings. The molecular formula is C23H24FN3O2. The summed E-state index contributed by atoms with van der Waals surface area (Å²) in [6, 6.07) is 15.6. The van der Waals surface area contributed by atoms with Crippen molar-refractivity contribution in [2.45, 2.75) is 31.7 Å². The van der Waals surface area contributed by atoms with Gasteiger partial charge in [0.15, 0.2) is 0 Å². The highest BCUT2D eigenvalue weighted by Gasteiger charge is 2.35. The zero-order valence-corrected chi connectivity index (χ0v) is 16.4. The van der Waals surface area contributed by atoms with E-state index >= 15 is 0 Å². The molecule has 1 atom stereocenters. The average Bonchev–Trinajstić information content (AvgIpc) is 3.13. The van der Waals surface area contributed by atoms with Crippen molar-refractivity contribution >= 4 is 17.5 Å². The second-order valence-electron chi connectivity index (χ2n) is 7.74. The number of benzene rings is 2. The lowest BCUT2D eigenvalue weighted by molar-refractivity contribution is -0.144. The van der Waals surface area contributed by atoms with E-state index in [9.17, 15) is 14.0 Å². The van der Waals surface area contributed by atoms with Crippen LogP contribution in [-0.4, -0.2) is 41.0 Å². The van der Waals surface area contributed by atoms with Crippen LogP contribution in [0, 0.1) is 11.7 Å². The van der Waals surface area contributed by atoms with Gasteiger partial charge < -0.3 is 4.90 Å². The van der Waals surface area contributed by atoms with Crippen molar-refractivity contribution in [1.29, 1.82) is 0 Å². The van der Waals surface area contributed by atoms with Gasteiger partial charge in [0.05, 0.1) is 11.8 Å². The summed E-state index contributed by atoms with van der Waals surface area (Å²) in [6.07, 6.45) is 3.43. The molecule has 1 saturated carbocycles. The summed E-state index contributed by atoms with van der Waals surface area (Å²) >= 11 is 0. The number of hydrogen-bond donors (Lipinski definition) is 0. The molecule has 4 rings (SSSR count). The SMILES string of the molecule is CN(CC(=O)N1N=C(c2ccc(F)cc2)CC1c1ccccc1)C(=O)C1CCC1. The second-order valence-corrected chi connectivity index (χ2v) is 7.74. The van der Waals surface area contributed by atoms with E-state index in [1.54, 1.807) is 19.2 Å². The molecule has 2 aliphatic rings. The number of halogens is 1. The highest BCUT2D eigenvalue weighted by Crippen LogP contribution is 2.33. The van der Waals surface area contributed by atoms with Crippen molar-refractivity contribution < 1.29 is 14.0 Å². The number of rotatable bonds is 5. The quantitative estimate of drug-likeness (QED) is 0.777. The van der Waals surface area contributed by atoms with Gasteiger partial charge in [-0.2, -0.15) is 5.10 Å². The molecule has 0 spiro atoms. The first-order valence-corrected chi connectivity index (χ1v) is 9.98. The number of carbonyl (C=O) groups excluding carboxylic acids is 2. The topological polar surface area (TPSA) is 53.0 Å². The summed E-state index contributed by atoms with van der Waals surface area (Å²) in [5.41, 5.74) is 2.51. The minimum atomic E-state index is -0.309. The third-order valence-electron chi connectivity index (χ3n) is 5.73. The van der Waals surface area contributed by atoms with Crippen molar-refractivity contribution in [3.05, 3.63) is 71.5 Å². The maximum absolute atomic E-state index is 13.3. The van der Waals surface area contributed by atoms with Crippen LogP contribution >= 0.6 is 0 Å². The third kappa shape index (κ3) is 4.06. The molecule has 150 valence electrons. The summed E-state index contributed by atoms with van der Waals surface area (Å²) in [4.78, 5) is 27.0. The Hall–Kier alpha value is -3.02. The van der Waals surface area contributed by atoms with Gasteiger partial charge in [-0.25, -0.2) is 9.40 Å². The van der Waals surface area contributed by atoms with E-state index < -0.39 is 0 Å². The minimum absolute atomic E-state index is 0.00113. The standard InChI is InChI=1S/C23H24FN3O2/c1-26(23(29)18-8-5-9-18)15-22(28)27-21(17-6-3-2-4-7-17)14-20(25-27)16-10-12-19(24)13-11-16/h2-4,6-7,10-13,18,21H,5,8-9,14-15H2,1H3. The Balaban J connectivity index is 1.56. The Morgan fingerprint density at radius 1 is 1.10 bits per heavy atom. The Morgan fingerprint density at radius 3 is 2.41 bits per heavy atom. The van der Waals surface area contributed by atoms with Crippen LogP contribution in [0.1, 0.15) is 42.9 Å². The Labute approximate surface area is 169 Å². The summed E-state index contributed by atoms with van der Waals surface area (Å²) in [5.74, 6) is -0.445. The van der Waals surface area contributed by atoms with Crippen LogP contribution in [0.4, 0.5) is 4.39 Å². The van der Waals surface area contributed by atoms with Gasteiger partial charge in [0.25, 0.3) is 5.91 Å². The van der Waals surface area contributed by atoms with E-state index in [4.69, 9.17) is 0 Å². The molecule has 2 amide bonds. The van der Waals surface area contributed by atoms with E-state index in [2.05, 4.69) is 5.10 Å². The van der Waals surface area contributed by atoms with Crippen LogP contribution in [0.3, 0.4) is 0 Å². The molecule has 0 N–H and O–H groups in total. The van der Waals surface area contributed by atoms with E-state index in [1.165, 1.54) is 22.0 Å². The maximum Gasteiger partial charge on any atom is 0.262 e. The fourth-order valence-electron chi connectivity index (χ4n) is 3.81. The van der Waals surface area contributed by atoms with E-state index in [0.29, 0.717) is 6.42 Å². The van der Waals surface area contributed by atoms with Gasteiger partial charge in [-0.15, -0.1) is 0 Å². The lowest BCUT2D eigenvalue weighted by Gasteiger charge is -2.30. The molecule has 2 aromatic carbocycles. The van der Waals surface area contributed by atoms with Gasteiger partial charge in [0, 0.05) is 19.4 Å². The van der Waals surface area contributed by atoms with E-state index in [0.717, 1.165) is 36.1 Å². The van der Waals surface area contributed by atoms with E-state index in [-0.39, 0.29) is 36.1 Å². The van der Waals surface area contributed by atoms with Gasteiger partial charge >= 0.3 is 0 Å². The second kappa shape index (κ2) is 8.15. The Morgan fingerprint density at radius 2 is 1.79 bits per heavy atom. The van der Waals surface area contributed by atoms with Crippen molar-refractivity contribution in [2.24, 2.45) is 11.0 Å². The van der Waals surface area contributed by atoms with Gasteiger partial charge in [-0.1, -0.05) is 48.9 Å². The molecule has 1 unspecified atom stereocenters. The molecule has 5 nitrogen and oxygen atoms in total. The number of likely N-dealkylation sites (N-methyl/N-ethyl adjacent to an activating group) is 1. The molecule has 1 fully saturated rings. The number of hydrazone groups is 1. The minimum Gasteiger partial charge on any atom is -0.336 e.